The molecule has 0 saturated heterocycles. The van der Waals surface area contributed by atoms with Crippen molar-refractivity contribution in [1.82, 2.24) is 9.97 Å². The number of fused-ring (bicyclic) bond motifs is 1. The van der Waals surface area contributed by atoms with E-state index >= 15 is 0 Å². The molecule has 2 heterocycles. The standard InChI is InChI=1S/C8H9N3/c1-6-3-4-7-8(10-6)9-5-11(7)2/h3-5H,1-2H3/p+1. The topological polar surface area (TPSA) is 32.6 Å². The maximum atomic E-state index is 4.32. The molecule has 0 atom stereocenters. The van der Waals surface area contributed by atoms with Crippen LogP contribution in [0.25, 0.3) is 11.2 Å². The molecule has 3 heteroatoms. The molecule has 0 saturated carbocycles. The first-order chi connectivity index (χ1) is 5.27. The number of rotatable bonds is 0. The maximum Gasteiger partial charge on any atom is 0.266 e. The molecule has 0 bridgehead atoms. The Balaban J connectivity index is 2.86. The molecule has 56 valence electrons. The van der Waals surface area contributed by atoms with Crippen LogP contribution in [0.4, 0.5) is 0 Å². The molecule has 11 heavy (non-hydrogen) atoms. The number of hydrogen-bond donors (Lipinski definition) is 1. The lowest BCUT2D eigenvalue weighted by molar-refractivity contribution is -0.644. The summed E-state index contributed by atoms with van der Waals surface area (Å²) in [7, 11) is 2.00. The van der Waals surface area contributed by atoms with Crippen molar-refractivity contribution >= 4 is 11.2 Å². The molecule has 2 rings (SSSR count). The molecule has 0 aromatic carbocycles. The van der Waals surface area contributed by atoms with Crippen molar-refractivity contribution < 1.29 is 4.57 Å². The summed E-state index contributed by atoms with van der Waals surface area (Å²) in [6.45, 7) is 1.99. The Bertz CT molecular complexity index is 389. The molecule has 2 aromatic heterocycles. The van der Waals surface area contributed by atoms with Gasteiger partial charge in [0.25, 0.3) is 5.65 Å². The smallest absolute Gasteiger partial charge is 0.231 e. The van der Waals surface area contributed by atoms with Gasteiger partial charge in [-0.3, -0.25) is 0 Å². The summed E-state index contributed by atoms with van der Waals surface area (Å²) >= 11 is 0. The maximum absolute atomic E-state index is 4.32. The first-order valence-electron chi connectivity index (χ1n) is 3.58. The molecule has 1 N–H and O–H groups in total. The van der Waals surface area contributed by atoms with Crippen LogP contribution < -0.4 is 4.57 Å². The van der Waals surface area contributed by atoms with Gasteiger partial charge in [0.1, 0.15) is 0 Å². The van der Waals surface area contributed by atoms with Crippen molar-refractivity contribution in [2.24, 2.45) is 7.05 Å². The second kappa shape index (κ2) is 2.05. The molecular weight excluding hydrogens is 138 g/mol. The first-order valence-corrected chi connectivity index (χ1v) is 3.58. The zero-order valence-electron chi connectivity index (χ0n) is 6.63. The monoisotopic (exact) mass is 148 g/mol. The molecular formula is C8H10N3+. The third-order valence-corrected chi connectivity index (χ3v) is 1.79. The fourth-order valence-electron chi connectivity index (χ4n) is 1.17. The molecule has 0 aliphatic rings. The summed E-state index contributed by atoms with van der Waals surface area (Å²) in [5.41, 5.74) is 3.13. The van der Waals surface area contributed by atoms with Crippen LogP contribution in [-0.4, -0.2) is 9.97 Å². The van der Waals surface area contributed by atoms with Gasteiger partial charge in [0, 0.05) is 5.69 Å². The van der Waals surface area contributed by atoms with E-state index in [-0.39, 0.29) is 0 Å². The quantitative estimate of drug-likeness (QED) is 0.548. The molecule has 0 unspecified atom stereocenters. The number of pyridine rings is 1. The largest absolute Gasteiger partial charge is 0.266 e. The minimum absolute atomic E-state index is 0.951. The van der Waals surface area contributed by atoms with E-state index in [0.717, 1.165) is 16.9 Å². The molecule has 0 aliphatic carbocycles. The van der Waals surface area contributed by atoms with E-state index in [1.807, 2.05) is 30.9 Å². The highest BCUT2D eigenvalue weighted by atomic mass is 15.1. The van der Waals surface area contributed by atoms with E-state index in [1.54, 1.807) is 0 Å². The lowest BCUT2D eigenvalue weighted by Gasteiger charge is -1.87. The number of aryl methyl sites for hydroxylation is 2. The Morgan fingerprint density at radius 3 is 3.09 bits per heavy atom. The Morgan fingerprint density at radius 1 is 1.45 bits per heavy atom. The number of nitrogens with one attached hydrogen (secondary N) is 1. The summed E-state index contributed by atoms with van der Waals surface area (Å²) < 4.78 is 2.02. The van der Waals surface area contributed by atoms with Crippen LogP contribution in [0.1, 0.15) is 5.69 Å². The van der Waals surface area contributed by atoms with Gasteiger partial charge in [-0.2, -0.15) is 0 Å². The van der Waals surface area contributed by atoms with Gasteiger partial charge in [-0.25, -0.2) is 14.5 Å². The average Bonchev–Trinajstić information content (AvgIpc) is 2.32. The van der Waals surface area contributed by atoms with Gasteiger partial charge in [-0.1, -0.05) is 0 Å². The zero-order chi connectivity index (χ0) is 7.84. The number of H-pyrrole nitrogens is 1. The van der Waals surface area contributed by atoms with Gasteiger partial charge >= 0.3 is 0 Å². The number of imidazole rings is 1. The molecule has 0 aliphatic heterocycles. The van der Waals surface area contributed by atoms with Crippen LogP contribution in [-0.2, 0) is 7.05 Å². The Kier molecular flexibility index (Phi) is 1.18. The molecule has 0 fully saturated rings. The Hall–Kier alpha value is -1.38. The predicted molar refractivity (Wildman–Crippen MR) is 42.0 cm³/mol. The lowest BCUT2D eigenvalue weighted by Crippen LogP contribution is -2.24. The van der Waals surface area contributed by atoms with Crippen molar-refractivity contribution in [1.29, 1.82) is 0 Å². The lowest BCUT2D eigenvalue weighted by atomic mass is 10.3. The van der Waals surface area contributed by atoms with Crippen LogP contribution >= 0.6 is 0 Å². The average molecular weight is 148 g/mol. The van der Waals surface area contributed by atoms with E-state index in [2.05, 4.69) is 16.0 Å². The minimum atomic E-state index is 0.951. The van der Waals surface area contributed by atoms with Crippen LogP contribution in [0.5, 0.6) is 0 Å². The summed E-state index contributed by atoms with van der Waals surface area (Å²) in [5.74, 6) is 0. The third-order valence-electron chi connectivity index (χ3n) is 1.79. The highest BCUT2D eigenvalue weighted by molar-refractivity contribution is 5.65. The molecule has 0 radical (unpaired) electrons. The van der Waals surface area contributed by atoms with E-state index < -0.39 is 0 Å². The summed E-state index contributed by atoms with van der Waals surface area (Å²) in [4.78, 5) is 7.40. The normalized spacial score (nSPS) is 10.7. The summed E-state index contributed by atoms with van der Waals surface area (Å²) in [6.07, 6.45) is 1.90. The van der Waals surface area contributed by atoms with E-state index in [4.69, 9.17) is 0 Å². The summed E-state index contributed by atoms with van der Waals surface area (Å²) in [5, 5.41) is 0. The third kappa shape index (κ3) is 0.888. The van der Waals surface area contributed by atoms with Crippen molar-refractivity contribution in [3.05, 3.63) is 24.2 Å². The highest BCUT2D eigenvalue weighted by Crippen LogP contribution is 2.03. The van der Waals surface area contributed by atoms with Crippen molar-refractivity contribution in [2.75, 3.05) is 0 Å². The number of nitrogens with zero attached hydrogens (tertiary/aromatic N) is 2. The SMILES string of the molecule is Cc1ccc2c(n1)[nH]c[n+]2C. The Labute approximate surface area is 64.7 Å². The van der Waals surface area contributed by atoms with Crippen molar-refractivity contribution in [3.63, 3.8) is 0 Å². The highest BCUT2D eigenvalue weighted by Gasteiger charge is 2.05. The van der Waals surface area contributed by atoms with Gasteiger partial charge in [0.05, 0.1) is 7.05 Å². The van der Waals surface area contributed by atoms with Crippen LogP contribution in [0.2, 0.25) is 0 Å². The van der Waals surface area contributed by atoms with E-state index in [9.17, 15) is 0 Å². The first kappa shape index (κ1) is 6.34. The molecule has 0 amide bonds. The summed E-state index contributed by atoms with van der Waals surface area (Å²) in [6, 6.07) is 4.07. The van der Waals surface area contributed by atoms with Crippen LogP contribution in [0.15, 0.2) is 18.5 Å². The predicted octanol–water partition coefficient (Wildman–Crippen LogP) is 0.696. The minimum Gasteiger partial charge on any atom is -0.231 e. The Morgan fingerprint density at radius 2 is 2.27 bits per heavy atom. The molecule has 0 spiro atoms. The van der Waals surface area contributed by atoms with Gasteiger partial charge in [-0.15, -0.1) is 0 Å². The zero-order valence-corrected chi connectivity index (χ0v) is 6.63. The molecule has 3 nitrogen and oxygen atoms in total. The van der Waals surface area contributed by atoms with Crippen LogP contribution in [0.3, 0.4) is 0 Å². The second-order valence-electron chi connectivity index (χ2n) is 2.70. The fraction of sp³-hybridized carbons (Fsp3) is 0.250. The van der Waals surface area contributed by atoms with Gasteiger partial charge in [-0.05, 0) is 19.1 Å². The van der Waals surface area contributed by atoms with Crippen LogP contribution in [0, 0.1) is 6.92 Å². The van der Waals surface area contributed by atoms with Gasteiger partial charge in [0.15, 0.2) is 5.52 Å². The second-order valence-corrected chi connectivity index (χ2v) is 2.70. The number of aromatic amines is 1. The van der Waals surface area contributed by atoms with Gasteiger partial charge < -0.3 is 0 Å². The van der Waals surface area contributed by atoms with Gasteiger partial charge in [0.2, 0.25) is 6.33 Å². The van der Waals surface area contributed by atoms with Crippen molar-refractivity contribution in [3.8, 4) is 0 Å². The fourth-order valence-corrected chi connectivity index (χ4v) is 1.17. The van der Waals surface area contributed by atoms with E-state index in [1.165, 1.54) is 0 Å². The van der Waals surface area contributed by atoms with E-state index in [0.29, 0.717) is 0 Å². The molecule has 2 aromatic rings. The number of hydrogen-bond acceptors (Lipinski definition) is 1. The van der Waals surface area contributed by atoms with Crippen molar-refractivity contribution in [2.45, 2.75) is 6.92 Å². The number of aromatic nitrogens is 3.